The normalized spacial score (nSPS) is 22.2. The van der Waals surface area contributed by atoms with Crippen LogP contribution >= 0.6 is 0 Å². The highest BCUT2D eigenvalue weighted by Crippen LogP contribution is 2.27. The monoisotopic (exact) mass is 277 g/mol. The second kappa shape index (κ2) is 5.53. The van der Waals surface area contributed by atoms with Gasteiger partial charge in [0.15, 0.2) is 6.04 Å². The molecule has 1 amide bonds. The van der Waals surface area contributed by atoms with Gasteiger partial charge >= 0.3 is 12.1 Å². The lowest BCUT2D eigenvalue weighted by atomic mass is 9.99. The topological polar surface area (TPSA) is 66.8 Å². The smallest absolute Gasteiger partial charge is 0.411 e. The van der Waals surface area contributed by atoms with Gasteiger partial charge < -0.3 is 9.84 Å². The van der Waals surface area contributed by atoms with Crippen LogP contribution in [-0.4, -0.2) is 34.2 Å². The molecule has 1 saturated heterocycles. The predicted octanol–water partition coefficient (Wildman–Crippen LogP) is 2.43. The maximum atomic E-state index is 11.9. The van der Waals surface area contributed by atoms with Crippen molar-refractivity contribution in [2.75, 3.05) is 0 Å². The fraction of sp³-hybridized carbons (Fsp3) is 0.467. The highest BCUT2D eigenvalue weighted by Gasteiger charge is 2.47. The van der Waals surface area contributed by atoms with Gasteiger partial charge in [-0.25, -0.2) is 9.59 Å². The Labute approximate surface area is 118 Å². The number of aryl methyl sites for hydroxylation is 1. The molecule has 5 nitrogen and oxygen atoms in total. The van der Waals surface area contributed by atoms with E-state index in [1.165, 1.54) is 4.90 Å². The molecule has 2 atom stereocenters. The van der Waals surface area contributed by atoms with E-state index in [0.717, 1.165) is 11.1 Å². The van der Waals surface area contributed by atoms with Crippen LogP contribution in [0.2, 0.25) is 0 Å². The fourth-order valence-corrected chi connectivity index (χ4v) is 2.48. The first kappa shape index (κ1) is 14.4. The maximum Gasteiger partial charge on any atom is 0.411 e. The van der Waals surface area contributed by atoms with Gasteiger partial charge in [0.2, 0.25) is 0 Å². The Kier molecular flexibility index (Phi) is 3.97. The standard InChI is InChI=1S/C15H19NO4/c1-9(2)13-12(14(17)18)16(15(19)20-13)8-11-6-4-5-10(3)7-11/h4-7,9,12-13H,8H2,1-3H3,(H,17,18)/t12-,13+/m1/s1. The van der Waals surface area contributed by atoms with Crippen LogP contribution in [0.3, 0.4) is 0 Å². The summed E-state index contributed by atoms with van der Waals surface area (Å²) in [5, 5.41) is 9.38. The van der Waals surface area contributed by atoms with Crippen molar-refractivity contribution in [2.45, 2.75) is 39.5 Å². The third-order valence-electron chi connectivity index (χ3n) is 3.46. The molecule has 5 heteroatoms. The van der Waals surface area contributed by atoms with E-state index in [4.69, 9.17) is 4.74 Å². The summed E-state index contributed by atoms with van der Waals surface area (Å²) < 4.78 is 5.22. The van der Waals surface area contributed by atoms with Crippen molar-refractivity contribution >= 4 is 12.1 Å². The van der Waals surface area contributed by atoms with E-state index in [9.17, 15) is 14.7 Å². The minimum atomic E-state index is -1.03. The first-order chi connectivity index (χ1) is 9.40. The number of hydrogen-bond acceptors (Lipinski definition) is 3. The van der Waals surface area contributed by atoms with E-state index in [2.05, 4.69) is 0 Å². The van der Waals surface area contributed by atoms with E-state index in [1.807, 2.05) is 45.0 Å². The summed E-state index contributed by atoms with van der Waals surface area (Å²) in [6.45, 7) is 5.91. The number of carboxylic acid groups (broad SMARTS) is 1. The lowest BCUT2D eigenvalue weighted by Gasteiger charge is -2.22. The summed E-state index contributed by atoms with van der Waals surface area (Å²) in [6, 6.07) is 6.73. The molecule has 1 aromatic carbocycles. The highest BCUT2D eigenvalue weighted by atomic mass is 16.6. The van der Waals surface area contributed by atoms with Crippen molar-refractivity contribution in [1.82, 2.24) is 4.90 Å². The lowest BCUT2D eigenvalue weighted by Crippen LogP contribution is -2.44. The Hall–Kier alpha value is -2.04. The SMILES string of the molecule is Cc1cccc(CN2C(=O)O[C@@H](C(C)C)[C@@H]2C(=O)O)c1. The van der Waals surface area contributed by atoms with E-state index >= 15 is 0 Å². The molecule has 1 aliphatic rings. The van der Waals surface area contributed by atoms with Gasteiger partial charge in [-0.15, -0.1) is 0 Å². The minimum Gasteiger partial charge on any atom is -0.480 e. The molecule has 108 valence electrons. The summed E-state index contributed by atoms with van der Waals surface area (Å²) >= 11 is 0. The first-order valence-electron chi connectivity index (χ1n) is 6.65. The molecular weight excluding hydrogens is 258 g/mol. The van der Waals surface area contributed by atoms with E-state index < -0.39 is 24.2 Å². The zero-order valence-electron chi connectivity index (χ0n) is 11.9. The summed E-state index contributed by atoms with van der Waals surface area (Å²) in [4.78, 5) is 24.7. The Morgan fingerprint density at radius 1 is 1.45 bits per heavy atom. The van der Waals surface area contributed by atoms with Gasteiger partial charge in [0.05, 0.1) is 6.54 Å². The van der Waals surface area contributed by atoms with Crippen molar-refractivity contribution in [3.8, 4) is 0 Å². The second-order valence-corrected chi connectivity index (χ2v) is 5.49. The number of benzene rings is 1. The summed E-state index contributed by atoms with van der Waals surface area (Å²) in [7, 11) is 0. The van der Waals surface area contributed by atoms with Crippen molar-refractivity contribution in [3.05, 3.63) is 35.4 Å². The zero-order chi connectivity index (χ0) is 14.9. The van der Waals surface area contributed by atoms with Gasteiger partial charge in [-0.1, -0.05) is 43.7 Å². The van der Waals surface area contributed by atoms with Gasteiger partial charge in [0.25, 0.3) is 0 Å². The van der Waals surface area contributed by atoms with Crippen molar-refractivity contribution in [1.29, 1.82) is 0 Å². The van der Waals surface area contributed by atoms with Gasteiger partial charge in [-0.3, -0.25) is 4.90 Å². The summed E-state index contributed by atoms with van der Waals surface area (Å²) in [5.41, 5.74) is 1.97. The number of cyclic esters (lactones) is 1. The molecule has 0 saturated carbocycles. The molecular formula is C15H19NO4. The van der Waals surface area contributed by atoms with Crippen LogP contribution in [0.25, 0.3) is 0 Å². The minimum absolute atomic E-state index is 0.0393. The third-order valence-corrected chi connectivity index (χ3v) is 3.46. The Bertz CT molecular complexity index is 526. The van der Waals surface area contributed by atoms with Gasteiger partial charge in [0, 0.05) is 0 Å². The number of carbonyl (C=O) groups is 2. The molecule has 20 heavy (non-hydrogen) atoms. The molecule has 1 aliphatic heterocycles. The number of nitrogens with zero attached hydrogens (tertiary/aromatic N) is 1. The molecule has 0 spiro atoms. The fourth-order valence-electron chi connectivity index (χ4n) is 2.48. The molecule has 0 unspecified atom stereocenters. The summed E-state index contributed by atoms with van der Waals surface area (Å²) in [6.07, 6.45) is -1.16. The zero-order valence-corrected chi connectivity index (χ0v) is 11.9. The Balaban J connectivity index is 2.24. The highest BCUT2D eigenvalue weighted by molar-refractivity contribution is 5.83. The van der Waals surface area contributed by atoms with E-state index in [1.54, 1.807) is 0 Å². The lowest BCUT2D eigenvalue weighted by molar-refractivity contribution is -0.143. The quantitative estimate of drug-likeness (QED) is 0.917. The number of ether oxygens (including phenoxy) is 1. The number of carboxylic acids is 1. The van der Waals surface area contributed by atoms with Crippen LogP contribution in [0.15, 0.2) is 24.3 Å². The van der Waals surface area contributed by atoms with Gasteiger partial charge in [0.1, 0.15) is 6.10 Å². The molecule has 0 aliphatic carbocycles. The Morgan fingerprint density at radius 3 is 2.70 bits per heavy atom. The number of rotatable bonds is 4. The number of aliphatic carboxylic acids is 1. The second-order valence-electron chi connectivity index (χ2n) is 5.49. The van der Waals surface area contributed by atoms with Crippen LogP contribution in [0.5, 0.6) is 0 Å². The number of amides is 1. The molecule has 1 aromatic rings. The van der Waals surface area contributed by atoms with Gasteiger partial charge in [-0.05, 0) is 18.4 Å². The Morgan fingerprint density at radius 2 is 2.15 bits per heavy atom. The molecule has 2 rings (SSSR count). The molecule has 0 aromatic heterocycles. The third kappa shape index (κ3) is 2.76. The van der Waals surface area contributed by atoms with Gasteiger partial charge in [-0.2, -0.15) is 0 Å². The first-order valence-corrected chi connectivity index (χ1v) is 6.65. The van der Waals surface area contributed by atoms with Crippen molar-refractivity contribution < 1.29 is 19.4 Å². The number of carbonyl (C=O) groups excluding carboxylic acids is 1. The van der Waals surface area contributed by atoms with Crippen LogP contribution in [0.4, 0.5) is 4.79 Å². The largest absolute Gasteiger partial charge is 0.480 e. The van der Waals surface area contributed by atoms with Crippen LogP contribution in [0, 0.1) is 12.8 Å². The van der Waals surface area contributed by atoms with Crippen LogP contribution < -0.4 is 0 Å². The predicted molar refractivity (Wildman–Crippen MR) is 73.3 cm³/mol. The molecule has 0 radical (unpaired) electrons. The van der Waals surface area contributed by atoms with E-state index in [0.29, 0.717) is 0 Å². The number of hydrogen-bond donors (Lipinski definition) is 1. The molecule has 1 fully saturated rings. The van der Waals surface area contributed by atoms with Crippen molar-refractivity contribution in [2.24, 2.45) is 5.92 Å². The van der Waals surface area contributed by atoms with Crippen molar-refractivity contribution in [3.63, 3.8) is 0 Å². The van der Waals surface area contributed by atoms with E-state index in [-0.39, 0.29) is 12.5 Å². The summed E-state index contributed by atoms with van der Waals surface area (Å²) in [5.74, 6) is -1.07. The average Bonchev–Trinajstić information content (AvgIpc) is 2.67. The van der Waals surface area contributed by atoms with Crippen LogP contribution in [0.1, 0.15) is 25.0 Å². The molecule has 1 N–H and O–H groups in total. The maximum absolute atomic E-state index is 11.9. The van der Waals surface area contributed by atoms with Crippen LogP contribution in [-0.2, 0) is 16.1 Å². The molecule has 0 bridgehead atoms. The molecule has 1 heterocycles. The average molecular weight is 277 g/mol.